The van der Waals surface area contributed by atoms with Crippen LogP contribution in [-0.2, 0) is 0 Å². The summed E-state index contributed by atoms with van der Waals surface area (Å²) < 4.78 is 0. The fourth-order valence-electron chi connectivity index (χ4n) is 1.69. The first-order chi connectivity index (χ1) is 5.75. The summed E-state index contributed by atoms with van der Waals surface area (Å²) in [7, 11) is 0. The van der Waals surface area contributed by atoms with Gasteiger partial charge in [-0.1, -0.05) is 19.3 Å². The molecule has 1 fully saturated rings. The van der Waals surface area contributed by atoms with Gasteiger partial charge in [-0.15, -0.1) is 0 Å². The Labute approximate surface area is 73.6 Å². The minimum atomic E-state index is 0.450. The van der Waals surface area contributed by atoms with Crippen LogP contribution in [-0.4, -0.2) is 16.9 Å². The van der Waals surface area contributed by atoms with Gasteiger partial charge in [-0.25, -0.2) is 5.84 Å². The maximum Gasteiger partial charge on any atom is 0.135 e. The summed E-state index contributed by atoms with van der Waals surface area (Å²) in [5, 5.41) is 5.29. The van der Waals surface area contributed by atoms with Crippen molar-refractivity contribution < 1.29 is 0 Å². The summed E-state index contributed by atoms with van der Waals surface area (Å²) in [5.74, 6) is 11.7. The van der Waals surface area contributed by atoms with Crippen LogP contribution >= 0.6 is 0 Å². The molecule has 0 aromatic heterocycles. The molecule has 1 saturated carbocycles. The topological polar surface area (TPSA) is 67.6 Å². The van der Waals surface area contributed by atoms with Crippen molar-refractivity contribution in [2.45, 2.75) is 45.1 Å². The lowest BCUT2D eigenvalue weighted by molar-refractivity contribution is 0.246. The number of hydrogen-bond acceptors (Lipinski definition) is 3. The zero-order chi connectivity index (χ0) is 8.97. The average molecular weight is 170 g/mol. The third-order valence-electron chi connectivity index (χ3n) is 2.53. The number of hydrazone groups is 1. The second-order valence-corrected chi connectivity index (χ2v) is 3.38. The number of nitrogens with two attached hydrogens (primary N) is 2. The molecular formula is C8H18N4. The molecule has 0 bridgehead atoms. The van der Waals surface area contributed by atoms with Gasteiger partial charge in [0.2, 0.25) is 0 Å². The predicted octanol–water partition coefficient (Wildman–Crippen LogP) is 0.787. The van der Waals surface area contributed by atoms with Crippen LogP contribution in [0.1, 0.15) is 39.0 Å². The summed E-state index contributed by atoms with van der Waals surface area (Å²) in [6.45, 7) is 1.84. The van der Waals surface area contributed by atoms with Gasteiger partial charge in [0, 0.05) is 6.04 Å². The number of hydrazine groups is 1. The monoisotopic (exact) mass is 170 g/mol. The Balaban J connectivity index is 2.44. The zero-order valence-corrected chi connectivity index (χ0v) is 7.66. The largest absolute Gasteiger partial charge is 0.322 e. The third-order valence-corrected chi connectivity index (χ3v) is 2.53. The average Bonchev–Trinajstić information content (AvgIpc) is 2.17. The summed E-state index contributed by atoms with van der Waals surface area (Å²) in [6, 6.07) is 0.450. The highest BCUT2D eigenvalue weighted by Crippen LogP contribution is 2.20. The number of rotatable bonds is 1. The van der Waals surface area contributed by atoms with Crippen molar-refractivity contribution >= 4 is 5.84 Å². The molecule has 0 aromatic rings. The normalized spacial score (nSPS) is 21.0. The molecular weight excluding hydrogens is 152 g/mol. The SMILES string of the molecule is C/C(=N/N)N(N)C1CCCCC1. The van der Waals surface area contributed by atoms with Crippen LogP contribution < -0.4 is 11.7 Å². The molecule has 1 rings (SSSR count). The van der Waals surface area contributed by atoms with Crippen molar-refractivity contribution in [3.8, 4) is 0 Å². The molecule has 0 aromatic carbocycles. The second kappa shape index (κ2) is 4.30. The Bertz CT molecular complexity index is 160. The van der Waals surface area contributed by atoms with E-state index in [1.807, 2.05) is 6.92 Å². The Morgan fingerprint density at radius 1 is 1.33 bits per heavy atom. The lowest BCUT2D eigenvalue weighted by Gasteiger charge is -2.31. The van der Waals surface area contributed by atoms with E-state index in [9.17, 15) is 0 Å². The van der Waals surface area contributed by atoms with E-state index >= 15 is 0 Å². The van der Waals surface area contributed by atoms with Crippen LogP contribution in [0.3, 0.4) is 0 Å². The highest BCUT2D eigenvalue weighted by atomic mass is 15.5. The first-order valence-corrected chi connectivity index (χ1v) is 4.54. The van der Waals surface area contributed by atoms with E-state index in [0.29, 0.717) is 6.04 Å². The number of hydrogen-bond donors (Lipinski definition) is 2. The summed E-state index contributed by atoms with van der Waals surface area (Å²) in [5.41, 5.74) is 0. The zero-order valence-electron chi connectivity index (χ0n) is 7.66. The Morgan fingerprint density at radius 3 is 2.42 bits per heavy atom. The van der Waals surface area contributed by atoms with Gasteiger partial charge in [0.15, 0.2) is 0 Å². The van der Waals surface area contributed by atoms with Crippen molar-refractivity contribution in [1.82, 2.24) is 5.01 Å². The first kappa shape index (κ1) is 9.32. The fraction of sp³-hybridized carbons (Fsp3) is 0.875. The van der Waals surface area contributed by atoms with Gasteiger partial charge in [0.1, 0.15) is 5.84 Å². The molecule has 0 radical (unpaired) electrons. The maximum absolute atomic E-state index is 5.82. The van der Waals surface area contributed by atoms with Gasteiger partial charge in [0.05, 0.1) is 0 Å². The van der Waals surface area contributed by atoms with Crippen molar-refractivity contribution in [1.29, 1.82) is 0 Å². The van der Waals surface area contributed by atoms with E-state index in [4.69, 9.17) is 11.7 Å². The van der Waals surface area contributed by atoms with Crippen molar-refractivity contribution in [2.75, 3.05) is 0 Å². The summed E-state index contributed by atoms with van der Waals surface area (Å²) >= 11 is 0. The standard InChI is InChI=1S/C8H18N4/c1-7(11-9)12(10)8-5-3-2-4-6-8/h8H,2-6,9-10H2,1H3/b11-7-. The fourth-order valence-corrected chi connectivity index (χ4v) is 1.69. The first-order valence-electron chi connectivity index (χ1n) is 4.54. The van der Waals surface area contributed by atoms with E-state index in [-0.39, 0.29) is 0 Å². The molecule has 4 heteroatoms. The Kier molecular flexibility index (Phi) is 3.34. The molecule has 1 aliphatic carbocycles. The molecule has 0 spiro atoms. The highest BCUT2D eigenvalue weighted by molar-refractivity contribution is 5.79. The predicted molar refractivity (Wildman–Crippen MR) is 50.2 cm³/mol. The molecule has 0 unspecified atom stereocenters. The van der Waals surface area contributed by atoms with Crippen LogP contribution in [0.5, 0.6) is 0 Å². The van der Waals surface area contributed by atoms with Crippen LogP contribution in [0.2, 0.25) is 0 Å². The molecule has 0 atom stereocenters. The molecule has 1 aliphatic rings. The van der Waals surface area contributed by atoms with Gasteiger partial charge in [0.25, 0.3) is 0 Å². The van der Waals surface area contributed by atoms with E-state index < -0.39 is 0 Å². The van der Waals surface area contributed by atoms with Crippen LogP contribution in [0.25, 0.3) is 0 Å². The lowest BCUT2D eigenvalue weighted by atomic mass is 9.95. The van der Waals surface area contributed by atoms with E-state index in [2.05, 4.69) is 5.10 Å². The van der Waals surface area contributed by atoms with Gasteiger partial charge in [-0.2, -0.15) is 5.10 Å². The smallest absolute Gasteiger partial charge is 0.135 e. The molecule has 4 nitrogen and oxygen atoms in total. The second-order valence-electron chi connectivity index (χ2n) is 3.38. The summed E-state index contributed by atoms with van der Waals surface area (Å²) in [6.07, 6.45) is 6.22. The molecule has 0 amide bonds. The molecule has 0 heterocycles. The highest BCUT2D eigenvalue weighted by Gasteiger charge is 2.19. The maximum atomic E-state index is 5.82. The number of amidine groups is 1. The molecule has 0 saturated heterocycles. The van der Waals surface area contributed by atoms with E-state index in [1.165, 1.54) is 32.1 Å². The Hall–Kier alpha value is -0.770. The lowest BCUT2D eigenvalue weighted by Crippen LogP contribution is -2.45. The van der Waals surface area contributed by atoms with Gasteiger partial charge in [-0.05, 0) is 19.8 Å². The number of nitrogens with zero attached hydrogens (tertiary/aromatic N) is 2. The van der Waals surface area contributed by atoms with Crippen LogP contribution in [0.4, 0.5) is 0 Å². The van der Waals surface area contributed by atoms with Crippen molar-refractivity contribution in [3.63, 3.8) is 0 Å². The van der Waals surface area contributed by atoms with Crippen LogP contribution in [0, 0.1) is 0 Å². The van der Waals surface area contributed by atoms with Gasteiger partial charge < -0.3 is 5.84 Å². The Morgan fingerprint density at radius 2 is 1.92 bits per heavy atom. The van der Waals surface area contributed by atoms with E-state index in [0.717, 1.165) is 5.84 Å². The quantitative estimate of drug-likeness (QED) is 0.264. The minimum Gasteiger partial charge on any atom is -0.322 e. The molecule has 0 aliphatic heterocycles. The van der Waals surface area contributed by atoms with Gasteiger partial charge >= 0.3 is 0 Å². The molecule has 70 valence electrons. The minimum absolute atomic E-state index is 0.450. The third kappa shape index (κ3) is 2.11. The summed E-state index contributed by atoms with van der Waals surface area (Å²) in [4.78, 5) is 0. The van der Waals surface area contributed by atoms with Gasteiger partial charge in [-0.3, -0.25) is 5.01 Å². The van der Waals surface area contributed by atoms with Crippen molar-refractivity contribution in [3.05, 3.63) is 0 Å². The van der Waals surface area contributed by atoms with E-state index in [1.54, 1.807) is 5.01 Å². The van der Waals surface area contributed by atoms with Crippen molar-refractivity contribution in [2.24, 2.45) is 16.8 Å². The molecule has 4 N–H and O–H groups in total. The van der Waals surface area contributed by atoms with Crippen LogP contribution in [0.15, 0.2) is 5.10 Å². The molecule has 12 heavy (non-hydrogen) atoms.